The van der Waals surface area contributed by atoms with Gasteiger partial charge < -0.3 is 14.2 Å². The molecule has 6 heteroatoms. The summed E-state index contributed by atoms with van der Waals surface area (Å²) in [5, 5.41) is 0. The lowest BCUT2D eigenvalue weighted by molar-refractivity contribution is -0.167. The molecular weight excluding hydrogens is 961 g/mol. The van der Waals surface area contributed by atoms with Crippen molar-refractivity contribution in [1.29, 1.82) is 0 Å². The highest BCUT2D eigenvalue weighted by atomic mass is 16.6. The van der Waals surface area contributed by atoms with Crippen LogP contribution >= 0.6 is 0 Å². The van der Waals surface area contributed by atoms with Crippen LogP contribution in [0.3, 0.4) is 0 Å². The van der Waals surface area contributed by atoms with Crippen molar-refractivity contribution in [3.8, 4) is 0 Å². The van der Waals surface area contributed by atoms with Crippen LogP contribution in [0.4, 0.5) is 0 Å². The van der Waals surface area contributed by atoms with E-state index in [0.29, 0.717) is 19.3 Å². The van der Waals surface area contributed by atoms with Gasteiger partial charge in [0, 0.05) is 19.3 Å². The van der Waals surface area contributed by atoms with Gasteiger partial charge in [-0.05, 0) is 57.8 Å². The summed E-state index contributed by atoms with van der Waals surface area (Å²) in [5.74, 6) is -0.899. The first-order chi connectivity index (χ1) is 38.5. The predicted molar refractivity (Wildman–Crippen MR) is 339 cm³/mol. The van der Waals surface area contributed by atoms with Crippen LogP contribution in [0.2, 0.25) is 0 Å². The zero-order valence-corrected chi connectivity index (χ0v) is 52.5. The molecule has 0 spiro atoms. The number of allylic oxidation sites excluding steroid dienone is 8. The molecule has 0 aromatic rings. The van der Waals surface area contributed by atoms with E-state index in [-0.39, 0.29) is 31.1 Å². The van der Waals surface area contributed by atoms with E-state index in [1.165, 1.54) is 250 Å². The Morgan fingerprint density at radius 1 is 0.269 bits per heavy atom. The molecule has 1 atom stereocenters. The molecule has 456 valence electrons. The number of carbonyl (C=O) groups is 3. The average Bonchev–Trinajstić information content (AvgIpc) is 3.44. The summed E-state index contributed by atoms with van der Waals surface area (Å²) >= 11 is 0. The summed E-state index contributed by atoms with van der Waals surface area (Å²) in [7, 11) is 0. The van der Waals surface area contributed by atoms with Gasteiger partial charge in [-0.2, -0.15) is 0 Å². The highest BCUT2D eigenvalue weighted by Crippen LogP contribution is 2.19. The van der Waals surface area contributed by atoms with Crippen molar-refractivity contribution < 1.29 is 28.6 Å². The molecule has 0 aliphatic rings. The molecule has 6 nitrogen and oxygen atoms in total. The number of hydrogen-bond donors (Lipinski definition) is 0. The Kier molecular flexibility index (Phi) is 64.6. The van der Waals surface area contributed by atoms with Crippen LogP contribution in [0.5, 0.6) is 0 Å². The third-order valence-electron chi connectivity index (χ3n) is 15.6. The predicted octanol–water partition coefficient (Wildman–Crippen LogP) is 23.7. The summed E-state index contributed by atoms with van der Waals surface area (Å²) in [6, 6.07) is 0. The van der Waals surface area contributed by atoms with Gasteiger partial charge in [-0.3, -0.25) is 14.4 Å². The fraction of sp³-hybridized carbons (Fsp3) is 0.847. The molecular formula is C72H132O6. The fourth-order valence-electron chi connectivity index (χ4n) is 10.4. The average molecular weight is 1090 g/mol. The molecule has 1 unspecified atom stereocenters. The fourth-order valence-corrected chi connectivity index (χ4v) is 10.4. The number of esters is 3. The van der Waals surface area contributed by atoms with Gasteiger partial charge in [-0.15, -0.1) is 0 Å². The molecule has 0 rings (SSSR count). The van der Waals surface area contributed by atoms with Crippen LogP contribution in [0.25, 0.3) is 0 Å². The molecule has 78 heavy (non-hydrogen) atoms. The van der Waals surface area contributed by atoms with E-state index in [1.807, 2.05) is 0 Å². The zero-order valence-electron chi connectivity index (χ0n) is 52.5. The lowest BCUT2D eigenvalue weighted by Crippen LogP contribution is -2.30. The third kappa shape index (κ3) is 64.2. The molecule has 0 aromatic carbocycles. The van der Waals surface area contributed by atoms with Crippen molar-refractivity contribution in [2.75, 3.05) is 13.2 Å². The second kappa shape index (κ2) is 66.9. The van der Waals surface area contributed by atoms with Crippen LogP contribution in [0.15, 0.2) is 48.6 Å². The second-order valence-electron chi connectivity index (χ2n) is 23.4. The number of ether oxygens (including phenoxy) is 3. The minimum Gasteiger partial charge on any atom is -0.462 e. The van der Waals surface area contributed by atoms with Crippen LogP contribution in [-0.2, 0) is 28.6 Å². The molecule has 0 radical (unpaired) electrons. The van der Waals surface area contributed by atoms with Gasteiger partial charge in [0.05, 0.1) is 0 Å². The van der Waals surface area contributed by atoms with Crippen molar-refractivity contribution >= 4 is 17.9 Å². The monoisotopic (exact) mass is 1090 g/mol. The molecule has 0 amide bonds. The number of carbonyl (C=O) groups excluding carboxylic acids is 3. The Labute approximate surface area is 486 Å². The topological polar surface area (TPSA) is 78.9 Å². The molecule has 0 saturated heterocycles. The Hall–Kier alpha value is -2.63. The van der Waals surface area contributed by atoms with Gasteiger partial charge in [0.15, 0.2) is 6.10 Å². The van der Waals surface area contributed by atoms with Crippen molar-refractivity contribution in [1.82, 2.24) is 0 Å². The summed E-state index contributed by atoms with van der Waals surface area (Å²) in [5.41, 5.74) is 0. The number of hydrogen-bond acceptors (Lipinski definition) is 6. The normalized spacial score (nSPS) is 12.3. The van der Waals surface area contributed by atoms with E-state index in [9.17, 15) is 14.4 Å². The first kappa shape index (κ1) is 75.4. The van der Waals surface area contributed by atoms with E-state index >= 15 is 0 Å². The van der Waals surface area contributed by atoms with Crippen molar-refractivity contribution in [3.05, 3.63) is 48.6 Å². The van der Waals surface area contributed by atoms with Gasteiger partial charge >= 0.3 is 17.9 Å². The van der Waals surface area contributed by atoms with Crippen molar-refractivity contribution in [2.45, 2.75) is 380 Å². The van der Waals surface area contributed by atoms with E-state index < -0.39 is 6.10 Å². The molecule has 0 aliphatic heterocycles. The van der Waals surface area contributed by atoms with Gasteiger partial charge in [-0.1, -0.05) is 345 Å². The minimum atomic E-state index is -0.788. The Bertz CT molecular complexity index is 1350. The van der Waals surface area contributed by atoms with Crippen molar-refractivity contribution in [2.24, 2.45) is 0 Å². The Morgan fingerprint density at radius 2 is 0.500 bits per heavy atom. The molecule has 0 bridgehead atoms. The molecule has 0 fully saturated rings. The second-order valence-corrected chi connectivity index (χ2v) is 23.4. The first-order valence-electron chi connectivity index (χ1n) is 34.6. The van der Waals surface area contributed by atoms with Gasteiger partial charge in [0.25, 0.3) is 0 Å². The standard InChI is InChI=1S/C72H132O6/c1-4-7-10-13-16-19-22-25-28-30-31-32-33-34-35-36-37-38-39-40-42-44-47-50-53-56-59-62-65-71(74)77-68-69(67-76-70(73)64-61-58-55-52-49-46-43-27-24-21-18-15-12-9-6-3)78-72(75)66-63-60-57-54-51-48-45-41-29-26-23-20-17-14-11-8-5-2/h9,12,18,21,27,43,49,52,69H,4-8,10-11,13-17,19-20,22-26,28-42,44-48,50-51,53-68H2,1-3H3/b12-9-,21-18-,43-27-,52-49-. The van der Waals surface area contributed by atoms with Crippen LogP contribution in [-0.4, -0.2) is 37.2 Å². The van der Waals surface area contributed by atoms with Crippen LogP contribution in [0.1, 0.15) is 374 Å². The Morgan fingerprint density at radius 3 is 0.782 bits per heavy atom. The lowest BCUT2D eigenvalue weighted by atomic mass is 10.0. The maximum absolute atomic E-state index is 12.9. The van der Waals surface area contributed by atoms with E-state index in [1.54, 1.807) is 0 Å². The maximum atomic E-state index is 12.9. The molecule has 0 aromatic heterocycles. The van der Waals surface area contributed by atoms with E-state index in [0.717, 1.165) is 83.5 Å². The van der Waals surface area contributed by atoms with Crippen molar-refractivity contribution in [3.63, 3.8) is 0 Å². The van der Waals surface area contributed by atoms with E-state index in [4.69, 9.17) is 14.2 Å². The summed E-state index contributed by atoms with van der Waals surface area (Å²) < 4.78 is 16.9. The molecule has 0 aliphatic carbocycles. The highest BCUT2D eigenvalue weighted by Gasteiger charge is 2.19. The minimum absolute atomic E-state index is 0.0811. The maximum Gasteiger partial charge on any atom is 0.306 e. The first-order valence-corrected chi connectivity index (χ1v) is 34.6. The molecule has 0 N–H and O–H groups in total. The van der Waals surface area contributed by atoms with Crippen LogP contribution in [0, 0.1) is 0 Å². The van der Waals surface area contributed by atoms with Crippen LogP contribution < -0.4 is 0 Å². The Balaban J connectivity index is 4.23. The smallest absolute Gasteiger partial charge is 0.306 e. The molecule has 0 saturated carbocycles. The molecule has 0 heterocycles. The number of rotatable bonds is 64. The lowest BCUT2D eigenvalue weighted by Gasteiger charge is -2.18. The van der Waals surface area contributed by atoms with Gasteiger partial charge in [-0.25, -0.2) is 0 Å². The third-order valence-corrected chi connectivity index (χ3v) is 15.6. The summed E-state index contributed by atoms with van der Waals surface area (Å²) in [4.78, 5) is 38.4. The quantitative estimate of drug-likeness (QED) is 0.0261. The van der Waals surface area contributed by atoms with E-state index in [2.05, 4.69) is 69.4 Å². The summed E-state index contributed by atoms with van der Waals surface area (Å²) in [6.07, 6.45) is 84.4. The zero-order chi connectivity index (χ0) is 56.4. The highest BCUT2D eigenvalue weighted by molar-refractivity contribution is 5.71. The number of unbranched alkanes of at least 4 members (excludes halogenated alkanes) is 45. The van der Waals surface area contributed by atoms with Gasteiger partial charge in [0.1, 0.15) is 13.2 Å². The largest absolute Gasteiger partial charge is 0.462 e. The SMILES string of the molecule is CC/C=C\C/C=C\C/C=C\C/C=C\CCCCC(=O)OCC(COC(=O)CCCCCCCCCCCCCCCCCCCCCCCCCCCCCC)OC(=O)CCCCCCCCCCCCCCCCCCC. The van der Waals surface area contributed by atoms with Gasteiger partial charge in [0.2, 0.25) is 0 Å². The summed E-state index contributed by atoms with van der Waals surface area (Å²) in [6.45, 7) is 6.56.